The van der Waals surface area contributed by atoms with Crippen LogP contribution >= 0.6 is 12.2 Å². The van der Waals surface area contributed by atoms with E-state index in [2.05, 4.69) is 10.6 Å². The van der Waals surface area contributed by atoms with Gasteiger partial charge >= 0.3 is 0 Å². The third kappa shape index (κ3) is 4.89. The molecule has 1 aliphatic heterocycles. The number of fused-ring (bicyclic) bond motifs is 1. The molecular formula is C28H21FN4O3S. The van der Waals surface area contributed by atoms with E-state index >= 15 is 0 Å². The minimum absolute atomic E-state index is 0.0250. The molecule has 3 amide bonds. The third-order valence-electron chi connectivity index (χ3n) is 5.94. The summed E-state index contributed by atoms with van der Waals surface area (Å²) in [7, 11) is 0. The molecular weight excluding hydrogens is 491 g/mol. The maximum Gasteiger partial charge on any atom is 0.270 e. The molecule has 9 heteroatoms. The van der Waals surface area contributed by atoms with Gasteiger partial charge in [0.25, 0.3) is 11.8 Å². The molecule has 0 aliphatic carbocycles. The van der Waals surface area contributed by atoms with Crippen molar-refractivity contribution >= 4 is 63.4 Å². The summed E-state index contributed by atoms with van der Waals surface area (Å²) >= 11 is 5.19. The van der Waals surface area contributed by atoms with Crippen LogP contribution in [0.3, 0.4) is 0 Å². The number of carbonyl (C=O) groups excluding carboxylic acids is 3. The van der Waals surface area contributed by atoms with E-state index in [-0.39, 0.29) is 28.8 Å². The summed E-state index contributed by atoms with van der Waals surface area (Å²) < 4.78 is 15.6. The Morgan fingerprint density at radius 3 is 2.57 bits per heavy atom. The van der Waals surface area contributed by atoms with E-state index in [4.69, 9.17) is 12.2 Å². The number of aryl methyl sites for hydroxylation is 1. The molecule has 0 spiro atoms. The van der Waals surface area contributed by atoms with Crippen molar-refractivity contribution in [2.45, 2.75) is 13.5 Å². The van der Waals surface area contributed by atoms with Crippen LogP contribution in [0.25, 0.3) is 17.0 Å². The molecule has 184 valence electrons. The highest BCUT2D eigenvalue weighted by molar-refractivity contribution is 7.80. The Bertz CT molecular complexity index is 1610. The number of halogens is 1. The maximum absolute atomic E-state index is 13.8. The average Bonchev–Trinajstić information content (AvgIpc) is 3.20. The Morgan fingerprint density at radius 1 is 1.05 bits per heavy atom. The Hall–Kier alpha value is -4.63. The van der Waals surface area contributed by atoms with Crippen molar-refractivity contribution in [2.75, 3.05) is 10.2 Å². The predicted molar refractivity (Wildman–Crippen MR) is 144 cm³/mol. The van der Waals surface area contributed by atoms with Gasteiger partial charge in [-0.05, 0) is 61.6 Å². The van der Waals surface area contributed by atoms with Crippen LogP contribution in [0.4, 0.5) is 15.8 Å². The fourth-order valence-corrected chi connectivity index (χ4v) is 4.46. The van der Waals surface area contributed by atoms with E-state index in [1.807, 2.05) is 55.5 Å². The van der Waals surface area contributed by atoms with E-state index in [1.54, 1.807) is 10.8 Å². The van der Waals surface area contributed by atoms with Crippen LogP contribution in [0.2, 0.25) is 0 Å². The quantitative estimate of drug-likeness (QED) is 0.233. The van der Waals surface area contributed by atoms with E-state index in [0.717, 1.165) is 27.4 Å². The van der Waals surface area contributed by atoms with Gasteiger partial charge in [0.2, 0.25) is 5.91 Å². The second-order valence-corrected chi connectivity index (χ2v) is 8.97. The zero-order valence-corrected chi connectivity index (χ0v) is 20.5. The van der Waals surface area contributed by atoms with E-state index < -0.39 is 17.6 Å². The molecule has 0 bridgehead atoms. The molecule has 1 aromatic heterocycles. The predicted octanol–water partition coefficient (Wildman–Crippen LogP) is 4.56. The Balaban J connectivity index is 1.48. The molecule has 1 fully saturated rings. The average molecular weight is 513 g/mol. The van der Waals surface area contributed by atoms with Crippen LogP contribution in [0.1, 0.15) is 11.1 Å². The fraction of sp³-hybridized carbons (Fsp3) is 0.0714. The van der Waals surface area contributed by atoms with Gasteiger partial charge in [-0.15, -0.1) is 0 Å². The summed E-state index contributed by atoms with van der Waals surface area (Å²) in [6, 6.07) is 20.3. The Kier molecular flexibility index (Phi) is 6.37. The molecule has 2 N–H and O–H groups in total. The number of nitrogens with one attached hydrogen (secondary N) is 2. The number of thiocarbonyl (C=S) groups is 1. The molecule has 4 aromatic rings. The molecule has 5 rings (SSSR count). The lowest BCUT2D eigenvalue weighted by atomic mass is 10.1. The van der Waals surface area contributed by atoms with Crippen molar-refractivity contribution in [1.29, 1.82) is 0 Å². The first-order valence-corrected chi connectivity index (χ1v) is 11.8. The molecule has 3 aromatic carbocycles. The van der Waals surface area contributed by atoms with Crippen LogP contribution in [-0.4, -0.2) is 27.4 Å². The van der Waals surface area contributed by atoms with Crippen molar-refractivity contribution in [3.63, 3.8) is 0 Å². The fourth-order valence-electron chi connectivity index (χ4n) is 4.18. The van der Waals surface area contributed by atoms with Gasteiger partial charge < -0.3 is 9.88 Å². The molecule has 0 saturated carbocycles. The van der Waals surface area contributed by atoms with Crippen LogP contribution in [0.5, 0.6) is 0 Å². The number of nitrogens with zero attached hydrogens (tertiary/aromatic N) is 2. The van der Waals surface area contributed by atoms with Crippen LogP contribution in [-0.2, 0) is 20.9 Å². The number of hydrogen-bond acceptors (Lipinski definition) is 4. The number of para-hydroxylation sites is 1. The first-order valence-electron chi connectivity index (χ1n) is 11.4. The lowest BCUT2D eigenvalue weighted by molar-refractivity contribution is -0.122. The van der Waals surface area contributed by atoms with Gasteiger partial charge in [-0.1, -0.05) is 42.0 Å². The highest BCUT2D eigenvalue weighted by atomic mass is 32.1. The van der Waals surface area contributed by atoms with Gasteiger partial charge in [-0.25, -0.2) is 4.39 Å². The number of rotatable bonds is 5. The first-order chi connectivity index (χ1) is 17.8. The number of carbonyl (C=O) groups is 3. The molecule has 0 unspecified atom stereocenters. The first kappa shape index (κ1) is 24.1. The highest BCUT2D eigenvalue weighted by Crippen LogP contribution is 2.27. The van der Waals surface area contributed by atoms with E-state index in [9.17, 15) is 18.8 Å². The zero-order chi connectivity index (χ0) is 26.1. The largest absolute Gasteiger partial charge is 0.337 e. The highest BCUT2D eigenvalue weighted by Gasteiger charge is 2.34. The number of anilines is 2. The minimum atomic E-state index is -0.673. The van der Waals surface area contributed by atoms with E-state index in [1.165, 1.54) is 24.3 Å². The zero-order valence-electron chi connectivity index (χ0n) is 19.7. The van der Waals surface area contributed by atoms with Crippen LogP contribution < -0.4 is 15.5 Å². The molecule has 1 aliphatic rings. The molecule has 37 heavy (non-hydrogen) atoms. The number of benzene rings is 3. The summed E-state index contributed by atoms with van der Waals surface area (Å²) in [4.78, 5) is 39.9. The third-order valence-corrected chi connectivity index (χ3v) is 6.22. The summed E-state index contributed by atoms with van der Waals surface area (Å²) in [5.74, 6) is -2.09. The minimum Gasteiger partial charge on any atom is -0.337 e. The van der Waals surface area contributed by atoms with Gasteiger partial charge in [0.05, 0.1) is 5.69 Å². The number of aromatic nitrogens is 1. The van der Waals surface area contributed by atoms with Gasteiger partial charge in [-0.3, -0.25) is 24.6 Å². The maximum atomic E-state index is 13.8. The lowest BCUT2D eigenvalue weighted by Crippen LogP contribution is -2.54. The smallest absolute Gasteiger partial charge is 0.270 e. The standard InChI is InChI=1S/C28H21FN4O3S/c1-17-9-11-20(12-10-17)30-25(34)16-32-15-18(22-7-2-3-8-24(22)32)13-23-26(35)31-28(37)33(27(23)36)21-6-4-5-19(29)14-21/h2-15H,16H2,1H3,(H,30,34)(H,31,35,37)/b23-13+. The van der Waals surface area contributed by atoms with Crippen molar-refractivity contribution in [2.24, 2.45) is 0 Å². The second kappa shape index (κ2) is 9.79. The Labute approximate surface area is 217 Å². The second-order valence-electron chi connectivity index (χ2n) is 8.58. The molecule has 2 heterocycles. The van der Waals surface area contributed by atoms with Crippen molar-refractivity contribution in [3.8, 4) is 0 Å². The normalized spacial score (nSPS) is 14.8. The van der Waals surface area contributed by atoms with Crippen LogP contribution in [0, 0.1) is 12.7 Å². The lowest BCUT2D eigenvalue weighted by Gasteiger charge is -2.28. The number of hydrogen-bond donors (Lipinski definition) is 2. The van der Waals surface area contributed by atoms with Gasteiger partial charge in [0.15, 0.2) is 5.11 Å². The number of amides is 3. The van der Waals surface area contributed by atoms with Gasteiger partial charge in [-0.2, -0.15) is 0 Å². The summed E-state index contributed by atoms with van der Waals surface area (Å²) in [5.41, 5.74) is 3.15. The van der Waals surface area contributed by atoms with Gasteiger partial charge in [0, 0.05) is 28.4 Å². The van der Waals surface area contributed by atoms with Crippen molar-refractivity contribution in [1.82, 2.24) is 9.88 Å². The summed E-state index contributed by atoms with van der Waals surface area (Å²) in [5, 5.41) is 6.00. The molecule has 1 saturated heterocycles. The van der Waals surface area contributed by atoms with E-state index in [0.29, 0.717) is 11.3 Å². The van der Waals surface area contributed by atoms with Crippen LogP contribution in [0.15, 0.2) is 84.6 Å². The van der Waals surface area contributed by atoms with Crippen molar-refractivity contribution in [3.05, 3.63) is 102 Å². The summed E-state index contributed by atoms with van der Waals surface area (Å²) in [6.07, 6.45) is 3.18. The molecule has 0 radical (unpaired) electrons. The van der Waals surface area contributed by atoms with Gasteiger partial charge in [0.1, 0.15) is 17.9 Å². The topological polar surface area (TPSA) is 83.4 Å². The van der Waals surface area contributed by atoms with Crippen molar-refractivity contribution < 1.29 is 18.8 Å². The monoisotopic (exact) mass is 512 g/mol. The Morgan fingerprint density at radius 2 is 1.81 bits per heavy atom. The molecule has 7 nitrogen and oxygen atoms in total. The molecule has 0 atom stereocenters. The SMILES string of the molecule is Cc1ccc(NC(=O)Cn2cc(/C=C3\C(=O)NC(=S)N(c4cccc(F)c4)C3=O)c3ccccc32)cc1. The summed E-state index contributed by atoms with van der Waals surface area (Å²) in [6.45, 7) is 1.99.